The first-order valence-electron chi connectivity index (χ1n) is 7.96. The van der Waals surface area contributed by atoms with Crippen molar-refractivity contribution in [1.82, 2.24) is 4.98 Å². The van der Waals surface area contributed by atoms with E-state index in [4.69, 9.17) is 4.74 Å². The van der Waals surface area contributed by atoms with Crippen LogP contribution in [0.3, 0.4) is 0 Å². The number of rotatable bonds is 5. The highest BCUT2D eigenvalue weighted by atomic mass is 79.9. The first-order chi connectivity index (χ1) is 12.5. The Morgan fingerprint density at radius 1 is 1.23 bits per heavy atom. The first-order valence-corrected chi connectivity index (χ1v) is 8.75. The third-order valence-electron chi connectivity index (χ3n) is 3.76. The summed E-state index contributed by atoms with van der Waals surface area (Å²) in [4.78, 5) is 16.0. The number of halogens is 1. The minimum atomic E-state index is -0.996. The number of aromatic nitrogens is 1. The van der Waals surface area contributed by atoms with Gasteiger partial charge < -0.3 is 14.9 Å². The maximum Gasteiger partial charge on any atom is 0.336 e. The van der Waals surface area contributed by atoms with E-state index in [2.05, 4.69) is 20.9 Å². The Bertz CT molecular complexity index is 1010. The van der Waals surface area contributed by atoms with E-state index in [9.17, 15) is 15.0 Å². The highest BCUT2D eigenvalue weighted by Crippen LogP contribution is 2.36. The van der Waals surface area contributed by atoms with Gasteiger partial charge in [-0.2, -0.15) is 0 Å². The molecule has 0 saturated heterocycles. The number of hydrogen-bond acceptors (Lipinski definition) is 4. The van der Waals surface area contributed by atoms with Crippen molar-refractivity contribution in [2.45, 2.75) is 6.92 Å². The van der Waals surface area contributed by atoms with Crippen LogP contribution in [0.25, 0.3) is 23.1 Å². The number of aromatic carboxylic acids is 1. The van der Waals surface area contributed by atoms with Crippen LogP contribution in [0, 0.1) is 0 Å². The first kappa shape index (κ1) is 17.9. The molecule has 0 radical (unpaired) electrons. The van der Waals surface area contributed by atoms with Crippen molar-refractivity contribution in [1.29, 1.82) is 0 Å². The van der Waals surface area contributed by atoms with E-state index in [1.165, 1.54) is 0 Å². The minimum absolute atomic E-state index is 0.0426. The lowest BCUT2D eigenvalue weighted by Crippen LogP contribution is -2.00. The normalized spacial score (nSPS) is 11.2. The predicted molar refractivity (Wildman–Crippen MR) is 105 cm³/mol. The fourth-order valence-electron chi connectivity index (χ4n) is 2.60. The molecule has 0 aliphatic heterocycles. The molecule has 5 nitrogen and oxygen atoms in total. The molecular weight excluding hydrogens is 398 g/mol. The van der Waals surface area contributed by atoms with Crippen molar-refractivity contribution in [2.24, 2.45) is 0 Å². The van der Waals surface area contributed by atoms with Crippen molar-refractivity contribution in [3.8, 4) is 11.5 Å². The van der Waals surface area contributed by atoms with Gasteiger partial charge in [0.2, 0.25) is 0 Å². The SMILES string of the molecule is CCOc1cc(C=Cc2cc(C(=O)O)c3ccccc3n2)cc(Br)c1O. The zero-order valence-corrected chi connectivity index (χ0v) is 15.5. The number of phenols is 1. The van der Waals surface area contributed by atoms with Gasteiger partial charge in [0.05, 0.1) is 27.9 Å². The molecule has 0 aliphatic rings. The Balaban J connectivity index is 2.02. The van der Waals surface area contributed by atoms with Crippen LogP contribution < -0.4 is 4.74 Å². The molecule has 3 rings (SSSR count). The fraction of sp³-hybridized carbons (Fsp3) is 0.100. The largest absolute Gasteiger partial charge is 0.503 e. The smallest absolute Gasteiger partial charge is 0.336 e. The van der Waals surface area contributed by atoms with Crippen LogP contribution in [0.4, 0.5) is 0 Å². The molecule has 2 aromatic carbocycles. The summed E-state index contributed by atoms with van der Waals surface area (Å²) in [7, 11) is 0. The summed E-state index contributed by atoms with van der Waals surface area (Å²) in [5.41, 5.74) is 2.14. The highest BCUT2D eigenvalue weighted by Gasteiger charge is 2.11. The molecule has 0 atom stereocenters. The van der Waals surface area contributed by atoms with Crippen molar-refractivity contribution < 1.29 is 19.7 Å². The topological polar surface area (TPSA) is 79.7 Å². The molecule has 0 unspecified atom stereocenters. The quantitative estimate of drug-likeness (QED) is 0.616. The third-order valence-corrected chi connectivity index (χ3v) is 4.37. The van der Waals surface area contributed by atoms with Gasteiger partial charge in [-0.1, -0.05) is 24.3 Å². The summed E-state index contributed by atoms with van der Waals surface area (Å²) in [5, 5.41) is 20.0. The zero-order chi connectivity index (χ0) is 18.7. The van der Waals surface area contributed by atoms with Gasteiger partial charge in [0.15, 0.2) is 11.5 Å². The second-order valence-electron chi connectivity index (χ2n) is 5.53. The van der Waals surface area contributed by atoms with E-state index in [-0.39, 0.29) is 11.3 Å². The number of para-hydroxylation sites is 1. The monoisotopic (exact) mass is 413 g/mol. The second kappa shape index (κ2) is 7.58. The molecule has 1 heterocycles. The molecule has 26 heavy (non-hydrogen) atoms. The number of aromatic hydroxyl groups is 1. The molecule has 6 heteroatoms. The summed E-state index contributed by atoms with van der Waals surface area (Å²) in [6.45, 7) is 2.27. The van der Waals surface area contributed by atoms with E-state index < -0.39 is 5.97 Å². The number of nitrogens with zero attached hydrogens (tertiary/aromatic N) is 1. The Hall–Kier alpha value is -2.86. The van der Waals surface area contributed by atoms with E-state index in [1.807, 2.05) is 13.0 Å². The second-order valence-corrected chi connectivity index (χ2v) is 6.39. The number of pyridine rings is 1. The molecular formula is C20H16BrNO4. The molecule has 0 amide bonds. The molecule has 0 aliphatic carbocycles. The van der Waals surface area contributed by atoms with Gasteiger partial charge in [-0.05, 0) is 58.8 Å². The number of phenolic OH excluding ortho intramolecular Hbond substituents is 1. The number of ether oxygens (including phenoxy) is 1. The van der Waals surface area contributed by atoms with Gasteiger partial charge in [0.25, 0.3) is 0 Å². The lowest BCUT2D eigenvalue weighted by molar-refractivity contribution is 0.0699. The van der Waals surface area contributed by atoms with Crippen LogP contribution in [0.5, 0.6) is 11.5 Å². The van der Waals surface area contributed by atoms with Crippen molar-refractivity contribution in [2.75, 3.05) is 6.61 Å². The predicted octanol–water partition coefficient (Wildman–Crippen LogP) is 4.97. The Kier molecular flexibility index (Phi) is 5.23. The number of carboxylic acid groups (broad SMARTS) is 1. The lowest BCUT2D eigenvalue weighted by Gasteiger charge is -2.08. The number of carbonyl (C=O) groups is 1. The number of benzene rings is 2. The number of carboxylic acids is 1. The van der Waals surface area contributed by atoms with Crippen LogP contribution in [-0.2, 0) is 0 Å². The summed E-state index contributed by atoms with van der Waals surface area (Å²) in [6, 6.07) is 12.1. The van der Waals surface area contributed by atoms with Crippen LogP contribution in [0.15, 0.2) is 46.9 Å². The van der Waals surface area contributed by atoms with Gasteiger partial charge in [-0.15, -0.1) is 0 Å². The van der Waals surface area contributed by atoms with E-state index in [1.54, 1.807) is 48.6 Å². The van der Waals surface area contributed by atoms with Gasteiger partial charge in [-0.25, -0.2) is 9.78 Å². The average Bonchev–Trinajstić information content (AvgIpc) is 2.63. The summed E-state index contributed by atoms with van der Waals surface area (Å²) >= 11 is 3.30. The molecule has 0 fully saturated rings. The number of hydrogen-bond donors (Lipinski definition) is 2. The van der Waals surface area contributed by atoms with Crippen molar-refractivity contribution in [3.05, 3.63) is 63.8 Å². The summed E-state index contributed by atoms with van der Waals surface area (Å²) < 4.78 is 5.93. The Labute approximate surface area is 158 Å². The Morgan fingerprint density at radius 3 is 2.73 bits per heavy atom. The van der Waals surface area contributed by atoms with Crippen LogP contribution >= 0.6 is 15.9 Å². The van der Waals surface area contributed by atoms with Gasteiger partial charge in [0, 0.05) is 5.39 Å². The molecule has 0 saturated carbocycles. The van der Waals surface area contributed by atoms with Crippen LogP contribution in [-0.4, -0.2) is 27.8 Å². The zero-order valence-electron chi connectivity index (χ0n) is 13.9. The van der Waals surface area contributed by atoms with E-state index in [0.717, 1.165) is 5.56 Å². The molecule has 3 aromatic rings. The van der Waals surface area contributed by atoms with E-state index in [0.29, 0.717) is 33.4 Å². The summed E-state index contributed by atoms with van der Waals surface area (Å²) in [6.07, 6.45) is 3.52. The molecule has 1 aromatic heterocycles. The molecule has 0 bridgehead atoms. The third kappa shape index (κ3) is 3.70. The maximum atomic E-state index is 11.5. The van der Waals surface area contributed by atoms with Gasteiger partial charge >= 0.3 is 5.97 Å². The highest BCUT2D eigenvalue weighted by molar-refractivity contribution is 9.10. The molecule has 2 N–H and O–H groups in total. The minimum Gasteiger partial charge on any atom is -0.503 e. The Morgan fingerprint density at radius 2 is 2.00 bits per heavy atom. The lowest BCUT2D eigenvalue weighted by atomic mass is 10.1. The average molecular weight is 414 g/mol. The summed E-state index contributed by atoms with van der Waals surface area (Å²) in [5.74, 6) is -0.579. The number of fused-ring (bicyclic) bond motifs is 1. The van der Waals surface area contributed by atoms with Crippen LogP contribution in [0.2, 0.25) is 0 Å². The standard InChI is InChI=1S/C20H16BrNO4/c1-2-26-18-10-12(9-16(21)19(18)23)7-8-13-11-15(20(24)25)14-5-3-4-6-17(14)22-13/h3-11,23H,2H2,1H3,(H,24,25). The van der Waals surface area contributed by atoms with Gasteiger partial charge in [-0.3, -0.25) is 0 Å². The maximum absolute atomic E-state index is 11.5. The fourth-order valence-corrected chi connectivity index (χ4v) is 3.06. The molecule has 132 valence electrons. The van der Waals surface area contributed by atoms with Crippen molar-refractivity contribution in [3.63, 3.8) is 0 Å². The van der Waals surface area contributed by atoms with Crippen molar-refractivity contribution >= 4 is 45.0 Å². The molecule has 0 spiro atoms. The van der Waals surface area contributed by atoms with Crippen LogP contribution in [0.1, 0.15) is 28.5 Å². The van der Waals surface area contributed by atoms with E-state index >= 15 is 0 Å². The van der Waals surface area contributed by atoms with Gasteiger partial charge in [0.1, 0.15) is 0 Å².